The van der Waals surface area contributed by atoms with E-state index >= 15 is 0 Å². The lowest BCUT2D eigenvalue weighted by Gasteiger charge is -2.04. The van der Waals surface area contributed by atoms with Gasteiger partial charge in [-0.05, 0) is 12.5 Å². The first-order valence-electron chi connectivity index (χ1n) is 4.27. The van der Waals surface area contributed by atoms with E-state index in [9.17, 15) is 0 Å². The molecule has 1 nitrogen and oxygen atoms in total. The van der Waals surface area contributed by atoms with Crippen molar-refractivity contribution in [3.05, 3.63) is 35.9 Å². The molecule has 0 amide bonds. The highest BCUT2D eigenvalue weighted by atomic mass is 32.2. The molecule has 1 rings (SSSR count). The fourth-order valence-electron chi connectivity index (χ4n) is 0.918. The molecule has 0 saturated heterocycles. The Hall–Kier alpha value is -0.540. The summed E-state index contributed by atoms with van der Waals surface area (Å²) in [5.41, 5.74) is 1.31. The van der Waals surface area contributed by atoms with Crippen LogP contribution < -0.4 is 5.32 Å². The van der Waals surface area contributed by atoms with E-state index in [4.69, 9.17) is 12.2 Å². The molecule has 0 aliphatic carbocycles. The number of benzene rings is 1. The zero-order chi connectivity index (χ0) is 9.52. The summed E-state index contributed by atoms with van der Waals surface area (Å²) in [6.45, 7) is 2.95. The smallest absolute Gasteiger partial charge is 0.134 e. The van der Waals surface area contributed by atoms with Gasteiger partial charge in [0.15, 0.2) is 0 Å². The molecule has 1 aromatic carbocycles. The minimum Gasteiger partial charge on any atom is -0.371 e. The Morgan fingerprint density at radius 3 is 2.69 bits per heavy atom. The Kier molecular flexibility index (Phi) is 4.86. The van der Waals surface area contributed by atoms with Crippen LogP contribution in [0.3, 0.4) is 0 Å². The van der Waals surface area contributed by atoms with E-state index in [1.807, 2.05) is 18.2 Å². The molecule has 3 heteroatoms. The lowest BCUT2D eigenvalue weighted by molar-refractivity contribution is 0.995. The van der Waals surface area contributed by atoms with Crippen LogP contribution in [0.25, 0.3) is 0 Å². The minimum absolute atomic E-state index is 0.881. The second kappa shape index (κ2) is 6.00. The lowest BCUT2D eigenvalue weighted by atomic mass is 10.2. The maximum Gasteiger partial charge on any atom is 0.134 e. The average Bonchev–Trinajstić information content (AvgIpc) is 2.17. The summed E-state index contributed by atoms with van der Waals surface area (Å²) in [5.74, 6) is 0.951. The molecule has 0 saturated carbocycles. The second-order valence-electron chi connectivity index (χ2n) is 2.59. The standard InChI is InChI=1S/C10H13NS2/c1-2-11-10(12)13-8-9-6-4-3-5-7-9/h3-7H,2,8H2,1H3,(H,11,12). The van der Waals surface area contributed by atoms with Crippen molar-refractivity contribution in [3.8, 4) is 0 Å². The molecule has 0 radical (unpaired) electrons. The molecule has 70 valence electrons. The van der Waals surface area contributed by atoms with Crippen molar-refractivity contribution in [1.82, 2.24) is 5.32 Å². The predicted molar refractivity (Wildman–Crippen MR) is 64.0 cm³/mol. The third kappa shape index (κ3) is 4.29. The summed E-state index contributed by atoms with van der Waals surface area (Å²) >= 11 is 6.78. The van der Waals surface area contributed by atoms with Gasteiger partial charge in [0.1, 0.15) is 4.32 Å². The van der Waals surface area contributed by atoms with Crippen LogP contribution in [0.15, 0.2) is 30.3 Å². The Labute approximate surface area is 88.9 Å². The summed E-state index contributed by atoms with van der Waals surface area (Å²) in [4.78, 5) is 0. The third-order valence-electron chi connectivity index (χ3n) is 1.53. The molecule has 0 aromatic heterocycles. The largest absolute Gasteiger partial charge is 0.371 e. The van der Waals surface area contributed by atoms with Crippen LogP contribution in [0.2, 0.25) is 0 Å². The molecule has 0 spiro atoms. The summed E-state index contributed by atoms with van der Waals surface area (Å²) in [5, 5.41) is 3.11. The highest BCUT2D eigenvalue weighted by molar-refractivity contribution is 8.22. The molecule has 0 unspecified atom stereocenters. The van der Waals surface area contributed by atoms with Crippen molar-refractivity contribution >= 4 is 28.3 Å². The zero-order valence-corrected chi connectivity index (χ0v) is 9.25. The van der Waals surface area contributed by atoms with E-state index in [1.54, 1.807) is 11.8 Å². The molecule has 0 bridgehead atoms. The number of thiocarbonyl (C=S) groups is 1. The summed E-state index contributed by atoms with van der Waals surface area (Å²) in [6, 6.07) is 10.3. The van der Waals surface area contributed by atoms with E-state index in [-0.39, 0.29) is 0 Å². The molecule has 0 aliphatic rings. The van der Waals surface area contributed by atoms with Crippen molar-refractivity contribution in [2.45, 2.75) is 12.7 Å². The Morgan fingerprint density at radius 2 is 2.08 bits per heavy atom. The molecular formula is C10H13NS2. The topological polar surface area (TPSA) is 12.0 Å². The van der Waals surface area contributed by atoms with Crippen LogP contribution in [-0.2, 0) is 5.75 Å². The molecular weight excluding hydrogens is 198 g/mol. The van der Waals surface area contributed by atoms with Crippen molar-refractivity contribution in [2.24, 2.45) is 0 Å². The number of hydrogen-bond acceptors (Lipinski definition) is 2. The van der Waals surface area contributed by atoms with Crippen LogP contribution in [0.4, 0.5) is 0 Å². The van der Waals surface area contributed by atoms with E-state index in [2.05, 4.69) is 24.4 Å². The Balaban J connectivity index is 2.31. The van der Waals surface area contributed by atoms with Crippen LogP contribution in [0.5, 0.6) is 0 Å². The molecule has 0 heterocycles. The highest BCUT2D eigenvalue weighted by Gasteiger charge is 1.95. The van der Waals surface area contributed by atoms with Gasteiger partial charge in [0.05, 0.1) is 0 Å². The van der Waals surface area contributed by atoms with Crippen molar-refractivity contribution < 1.29 is 0 Å². The van der Waals surface area contributed by atoms with Crippen molar-refractivity contribution in [1.29, 1.82) is 0 Å². The monoisotopic (exact) mass is 211 g/mol. The fraction of sp³-hybridized carbons (Fsp3) is 0.300. The van der Waals surface area contributed by atoms with Gasteiger partial charge in [-0.1, -0.05) is 54.3 Å². The first kappa shape index (κ1) is 10.5. The maximum atomic E-state index is 5.10. The number of rotatable bonds is 3. The molecule has 0 aliphatic heterocycles. The van der Waals surface area contributed by atoms with Crippen LogP contribution in [-0.4, -0.2) is 10.9 Å². The zero-order valence-electron chi connectivity index (χ0n) is 7.62. The van der Waals surface area contributed by atoms with Gasteiger partial charge in [0, 0.05) is 12.3 Å². The number of hydrogen-bond donors (Lipinski definition) is 1. The third-order valence-corrected chi connectivity index (χ3v) is 2.92. The second-order valence-corrected chi connectivity index (χ2v) is 4.24. The summed E-state index contributed by atoms with van der Waals surface area (Å²) in [6.07, 6.45) is 0. The predicted octanol–water partition coefficient (Wildman–Crippen LogP) is 2.81. The van der Waals surface area contributed by atoms with Gasteiger partial charge >= 0.3 is 0 Å². The Morgan fingerprint density at radius 1 is 1.38 bits per heavy atom. The van der Waals surface area contributed by atoms with Gasteiger partial charge in [0.2, 0.25) is 0 Å². The number of nitrogens with one attached hydrogen (secondary N) is 1. The first-order chi connectivity index (χ1) is 6.33. The van der Waals surface area contributed by atoms with Gasteiger partial charge in [-0.3, -0.25) is 0 Å². The normalized spacial score (nSPS) is 9.62. The molecule has 13 heavy (non-hydrogen) atoms. The molecule has 1 aromatic rings. The molecule has 0 fully saturated rings. The quantitative estimate of drug-likeness (QED) is 0.772. The molecule has 1 N–H and O–H groups in total. The lowest BCUT2D eigenvalue weighted by Crippen LogP contribution is -2.17. The fourth-order valence-corrected chi connectivity index (χ4v) is 1.98. The van der Waals surface area contributed by atoms with Crippen LogP contribution >= 0.6 is 24.0 Å². The summed E-state index contributed by atoms with van der Waals surface area (Å²) in [7, 11) is 0. The van der Waals surface area contributed by atoms with Gasteiger partial charge in [-0.25, -0.2) is 0 Å². The van der Waals surface area contributed by atoms with Gasteiger partial charge < -0.3 is 5.32 Å². The van der Waals surface area contributed by atoms with Gasteiger partial charge in [0.25, 0.3) is 0 Å². The molecule has 0 atom stereocenters. The van der Waals surface area contributed by atoms with Crippen molar-refractivity contribution in [2.75, 3.05) is 6.54 Å². The number of thioether (sulfide) groups is 1. The highest BCUT2D eigenvalue weighted by Crippen LogP contribution is 2.12. The SMILES string of the molecule is CCNC(=S)SCc1ccccc1. The van der Waals surface area contributed by atoms with Crippen LogP contribution in [0, 0.1) is 0 Å². The van der Waals surface area contributed by atoms with E-state index in [1.165, 1.54) is 5.56 Å². The maximum absolute atomic E-state index is 5.10. The average molecular weight is 211 g/mol. The van der Waals surface area contributed by atoms with Crippen LogP contribution in [0.1, 0.15) is 12.5 Å². The first-order valence-corrected chi connectivity index (χ1v) is 5.67. The van der Waals surface area contributed by atoms with Gasteiger partial charge in [-0.15, -0.1) is 0 Å². The van der Waals surface area contributed by atoms with E-state index < -0.39 is 0 Å². The Bertz CT molecular complexity index is 259. The minimum atomic E-state index is 0.881. The van der Waals surface area contributed by atoms with Gasteiger partial charge in [-0.2, -0.15) is 0 Å². The van der Waals surface area contributed by atoms with E-state index in [0.717, 1.165) is 16.6 Å². The van der Waals surface area contributed by atoms with E-state index in [0.29, 0.717) is 0 Å². The van der Waals surface area contributed by atoms with Crippen molar-refractivity contribution in [3.63, 3.8) is 0 Å². The summed E-state index contributed by atoms with van der Waals surface area (Å²) < 4.78 is 0.881.